The second kappa shape index (κ2) is 7.68. The number of aryl methyl sites for hydroxylation is 1. The molecule has 136 valence electrons. The molecule has 0 bridgehead atoms. The van der Waals surface area contributed by atoms with Crippen LogP contribution in [0.5, 0.6) is 0 Å². The summed E-state index contributed by atoms with van der Waals surface area (Å²) in [6.45, 7) is 4.76. The number of carbonyl (C=O) groups is 2. The Morgan fingerprint density at radius 3 is 2.54 bits per heavy atom. The van der Waals surface area contributed by atoms with Crippen molar-refractivity contribution in [1.29, 1.82) is 0 Å². The molecule has 4 nitrogen and oxygen atoms in total. The number of anilines is 1. The Kier molecular flexibility index (Phi) is 5.54. The number of halogens is 2. The molecule has 2 aromatic carbocycles. The normalized spacial score (nSPS) is 17.5. The molecule has 0 saturated carbocycles. The van der Waals surface area contributed by atoms with Gasteiger partial charge in [0.25, 0.3) is 5.91 Å². The summed E-state index contributed by atoms with van der Waals surface area (Å²) in [6.07, 6.45) is 0.847. The van der Waals surface area contributed by atoms with Crippen LogP contribution in [-0.4, -0.2) is 35.8 Å². The third-order valence-corrected chi connectivity index (χ3v) is 5.49. The number of piperazine rings is 1. The van der Waals surface area contributed by atoms with E-state index in [4.69, 9.17) is 23.2 Å². The van der Waals surface area contributed by atoms with Gasteiger partial charge < -0.3 is 9.80 Å². The average molecular weight is 391 g/mol. The van der Waals surface area contributed by atoms with E-state index in [0.717, 1.165) is 17.7 Å². The Labute approximate surface area is 163 Å². The molecule has 0 unspecified atom stereocenters. The predicted octanol–water partition coefficient (Wildman–Crippen LogP) is 4.43. The largest absolute Gasteiger partial charge is 0.325 e. The number of carbonyl (C=O) groups excluding carboxylic acids is 2. The Bertz CT molecular complexity index is 853. The van der Waals surface area contributed by atoms with Gasteiger partial charge in [0, 0.05) is 24.3 Å². The van der Waals surface area contributed by atoms with E-state index in [0.29, 0.717) is 28.7 Å². The fraction of sp³-hybridized carbons (Fsp3) is 0.300. The van der Waals surface area contributed by atoms with Crippen LogP contribution >= 0.6 is 23.2 Å². The van der Waals surface area contributed by atoms with E-state index in [2.05, 4.69) is 6.92 Å². The van der Waals surface area contributed by atoms with Crippen molar-refractivity contribution in [2.45, 2.75) is 26.3 Å². The molecule has 2 aromatic rings. The maximum atomic E-state index is 12.9. The zero-order valence-corrected chi connectivity index (χ0v) is 16.2. The molecular formula is C20H20Cl2N2O2. The molecule has 1 aliphatic heterocycles. The van der Waals surface area contributed by atoms with Crippen molar-refractivity contribution in [3.63, 3.8) is 0 Å². The molecule has 0 aliphatic carbocycles. The van der Waals surface area contributed by atoms with Gasteiger partial charge in [-0.15, -0.1) is 0 Å². The summed E-state index contributed by atoms with van der Waals surface area (Å²) >= 11 is 11.9. The maximum absolute atomic E-state index is 12.9. The first-order valence-corrected chi connectivity index (χ1v) is 9.35. The van der Waals surface area contributed by atoms with Crippen LogP contribution in [0.15, 0.2) is 42.5 Å². The van der Waals surface area contributed by atoms with Gasteiger partial charge in [-0.1, -0.05) is 48.3 Å². The van der Waals surface area contributed by atoms with E-state index in [1.165, 1.54) is 0 Å². The molecule has 1 atom stereocenters. The summed E-state index contributed by atoms with van der Waals surface area (Å²) < 4.78 is 0. The minimum absolute atomic E-state index is 0.0782. The van der Waals surface area contributed by atoms with E-state index in [1.54, 1.807) is 34.9 Å². The van der Waals surface area contributed by atoms with E-state index in [-0.39, 0.29) is 11.8 Å². The third-order valence-electron chi connectivity index (χ3n) is 4.75. The predicted molar refractivity (Wildman–Crippen MR) is 105 cm³/mol. The summed E-state index contributed by atoms with van der Waals surface area (Å²) in [6, 6.07) is 12.1. The minimum atomic E-state index is -0.546. The van der Waals surface area contributed by atoms with Gasteiger partial charge in [-0.3, -0.25) is 9.59 Å². The van der Waals surface area contributed by atoms with E-state index >= 15 is 0 Å². The van der Waals surface area contributed by atoms with Crippen molar-refractivity contribution < 1.29 is 9.59 Å². The molecular weight excluding hydrogens is 371 g/mol. The van der Waals surface area contributed by atoms with Crippen molar-refractivity contribution in [3.8, 4) is 0 Å². The van der Waals surface area contributed by atoms with E-state index in [9.17, 15) is 9.59 Å². The van der Waals surface area contributed by atoms with Gasteiger partial charge in [0.15, 0.2) is 0 Å². The van der Waals surface area contributed by atoms with Crippen LogP contribution in [0.1, 0.15) is 29.8 Å². The van der Waals surface area contributed by atoms with Gasteiger partial charge in [0.1, 0.15) is 6.04 Å². The van der Waals surface area contributed by atoms with Gasteiger partial charge >= 0.3 is 0 Å². The summed E-state index contributed by atoms with van der Waals surface area (Å²) in [5.74, 6) is -0.293. The minimum Gasteiger partial charge on any atom is -0.325 e. The summed E-state index contributed by atoms with van der Waals surface area (Å²) in [7, 11) is 0. The molecule has 1 heterocycles. The van der Waals surface area contributed by atoms with Gasteiger partial charge in [-0.25, -0.2) is 0 Å². The van der Waals surface area contributed by atoms with Crippen LogP contribution in [-0.2, 0) is 11.2 Å². The topological polar surface area (TPSA) is 40.6 Å². The molecule has 0 spiro atoms. The second-order valence-corrected chi connectivity index (χ2v) is 7.09. The highest BCUT2D eigenvalue weighted by Gasteiger charge is 2.35. The van der Waals surface area contributed by atoms with Gasteiger partial charge in [0.2, 0.25) is 5.91 Å². The molecule has 1 aliphatic rings. The number of hydrogen-bond donors (Lipinski definition) is 0. The number of hydrogen-bond acceptors (Lipinski definition) is 2. The van der Waals surface area contributed by atoms with Gasteiger partial charge in [0.05, 0.1) is 10.0 Å². The molecule has 0 N–H and O–H groups in total. The first kappa shape index (κ1) is 18.7. The van der Waals surface area contributed by atoms with Crippen LogP contribution in [0.2, 0.25) is 10.0 Å². The summed E-state index contributed by atoms with van der Waals surface area (Å²) in [5.41, 5.74) is 2.48. The Balaban J connectivity index is 1.83. The molecule has 0 radical (unpaired) electrons. The Hall–Kier alpha value is -2.04. The average Bonchev–Trinajstić information content (AvgIpc) is 2.65. The zero-order chi connectivity index (χ0) is 18.8. The number of para-hydroxylation sites is 1. The molecule has 0 aromatic heterocycles. The summed E-state index contributed by atoms with van der Waals surface area (Å²) in [4.78, 5) is 29.2. The Morgan fingerprint density at radius 1 is 1.12 bits per heavy atom. The van der Waals surface area contributed by atoms with Crippen molar-refractivity contribution in [1.82, 2.24) is 4.90 Å². The van der Waals surface area contributed by atoms with Crippen molar-refractivity contribution in [2.75, 3.05) is 18.0 Å². The SMILES string of the molecule is CCc1ccccc1N1CCN(C(=O)c2ccc(Cl)c(Cl)c2)[C@H](C)C1=O. The molecule has 3 rings (SSSR count). The smallest absolute Gasteiger partial charge is 0.254 e. The lowest BCUT2D eigenvalue weighted by Crippen LogP contribution is -2.58. The number of benzene rings is 2. The van der Waals surface area contributed by atoms with Crippen molar-refractivity contribution in [2.24, 2.45) is 0 Å². The van der Waals surface area contributed by atoms with Crippen LogP contribution in [0, 0.1) is 0 Å². The molecule has 1 saturated heterocycles. The third kappa shape index (κ3) is 3.44. The van der Waals surface area contributed by atoms with Crippen molar-refractivity contribution >= 4 is 40.7 Å². The highest BCUT2D eigenvalue weighted by Crippen LogP contribution is 2.27. The maximum Gasteiger partial charge on any atom is 0.254 e. The summed E-state index contributed by atoms with van der Waals surface area (Å²) in [5, 5.41) is 0.723. The highest BCUT2D eigenvalue weighted by molar-refractivity contribution is 6.42. The van der Waals surface area contributed by atoms with Crippen LogP contribution in [0.3, 0.4) is 0 Å². The number of rotatable bonds is 3. The zero-order valence-electron chi connectivity index (χ0n) is 14.7. The lowest BCUT2D eigenvalue weighted by Gasteiger charge is -2.39. The first-order valence-electron chi connectivity index (χ1n) is 8.59. The van der Waals surface area contributed by atoms with Crippen LogP contribution in [0.25, 0.3) is 0 Å². The molecule has 1 fully saturated rings. The van der Waals surface area contributed by atoms with E-state index in [1.807, 2.05) is 24.3 Å². The van der Waals surface area contributed by atoms with Gasteiger partial charge in [-0.05, 0) is 43.2 Å². The van der Waals surface area contributed by atoms with E-state index < -0.39 is 6.04 Å². The lowest BCUT2D eigenvalue weighted by molar-refractivity contribution is -0.124. The number of amides is 2. The second-order valence-electron chi connectivity index (χ2n) is 6.28. The van der Waals surface area contributed by atoms with Gasteiger partial charge in [-0.2, -0.15) is 0 Å². The fourth-order valence-electron chi connectivity index (χ4n) is 3.26. The van der Waals surface area contributed by atoms with Crippen LogP contribution in [0.4, 0.5) is 5.69 Å². The standard InChI is InChI=1S/C20H20Cl2N2O2/c1-3-14-6-4-5-7-18(14)24-11-10-23(13(2)19(24)25)20(26)15-8-9-16(21)17(22)12-15/h4-9,12-13H,3,10-11H2,1-2H3/t13-/m1/s1. The first-order chi connectivity index (χ1) is 12.4. The molecule has 26 heavy (non-hydrogen) atoms. The molecule has 6 heteroatoms. The Morgan fingerprint density at radius 2 is 1.85 bits per heavy atom. The van der Waals surface area contributed by atoms with Crippen LogP contribution < -0.4 is 4.90 Å². The van der Waals surface area contributed by atoms with Crippen molar-refractivity contribution in [3.05, 3.63) is 63.6 Å². The number of nitrogens with zero attached hydrogens (tertiary/aromatic N) is 2. The highest BCUT2D eigenvalue weighted by atomic mass is 35.5. The molecule has 2 amide bonds. The monoisotopic (exact) mass is 390 g/mol. The quantitative estimate of drug-likeness (QED) is 0.777. The fourth-order valence-corrected chi connectivity index (χ4v) is 3.55. The lowest BCUT2D eigenvalue weighted by atomic mass is 10.1.